The van der Waals surface area contributed by atoms with Gasteiger partial charge in [-0.2, -0.15) is 4.98 Å². The van der Waals surface area contributed by atoms with Crippen LogP contribution in [0.15, 0.2) is 30.3 Å². The van der Waals surface area contributed by atoms with Crippen LogP contribution in [-0.4, -0.2) is 28.2 Å². The van der Waals surface area contributed by atoms with E-state index in [2.05, 4.69) is 25.5 Å². The summed E-state index contributed by atoms with van der Waals surface area (Å²) in [6.07, 6.45) is 4.96. The maximum atomic E-state index is 12.9. The van der Waals surface area contributed by atoms with Gasteiger partial charge in [-0.3, -0.25) is 0 Å². The summed E-state index contributed by atoms with van der Waals surface area (Å²) >= 11 is 5.34. The zero-order valence-electron chi connectivity index (χ0n) is 15.0. The highest BCUT2D eigenvalue weighted by Gasteiger charge is 2.13. The van der Waals surface area contributed by atoms with Crippen LogP contribution in [0, 0.1) is 12.7 Å². The molecule has 2 N–H and O–H groups in total. The van der Waals surface area contributed by atoms with Crippen molar-refractivity contribution < 1.29 is 4.39 Å². The monoisotopic (exact) mass is 373 g/mol. The van der Waals surface area contributed by atoms with Crippen molar-refractivity contribution in [3.05, 3.63) is 47.4 Å². The van der Waals surface area contributed by atoms with Gasteiger partial charge in [0, 0.05) is 31.4 Å². The smallest absolute Gasteiger partial charge is 0.231 e. The van der Waals surface area contributed by atoms with Gasteiger partial charge in [0.1, 0.15) is 11.6 Å². The minimum absolute atomic E-state index is 0.247. The van der Waals surface area contributed by atoms with Gasteiger partial charge in [0.15, 0.2) is 5.11 Å². The van der Waals surface area contributed by atoms with E-state index in [0.29, 0.717) is 17.6 Å². The van der Waals surface area contributed by atoms with Crippen LogP contribution in [0.25, 0.3) is 0 Å². The molecule has 1 aromatic heterocycles. The van der Waals surface area contributed by atoms with E-state index >= 15 is 0 Å². The average Bonchev–Trinajstić information content (AvgIpc) is 2.90. The van der Waals surface area contributed by atoms with Gasteiger partial charge >= 0.3 is 0 Å². The summed E-state index contributed by atoms with van der Waals surface area (Å²) in [4.78, 5) is 11.4. The van der Waals surface area contributed by atoms with Crippen LogP contribution < -0.4 is 15.5 Å². The third-order valence-corrected chi connectivity index (χ3v) is 4.61. The largest absolute Gasteiger partial charge is 0.358 e. The molecule has 1 aliphatic rings. The Morgan fingerprint density at radius 2 is 1.81 bits per heavy atom. The van der Waals surface area contributed by atoms with E-state index in [-0.39, 0.29) is 5.82 Å². The number of anilines is 2. The Morgan fingerprint density at radius 1 is 1.12 bits per heavy atom. The van der Waals surface area contributed by atoms with E-state index in [1.54, 1.807) is 12.1 Å². The van der Waals surface area contributed by atoms with Crippen molar-refractivity contribution in [1.29, 1.82) is 0 Å². The van der Waals surface area contributed by atoms with Crippen molar-refractivity contribution >= 4 is 29.1 Å². The van der Waals surface area contributed by atoms with E-state index < -0.39 is 0 Å². The van der Waals surface area contributed by atoms with Crippen LogP contribution in [0.5, 0.6) is 0 Å². The minimum atomic E-state index is -0.247. The normalized spacial score (nSPS) is 14.6. The highest BCUT2D eigenvalue weighted by molar-refractivity contribution is 7.80. The predicted molar refractivity (Wildman–Crippen MR) is 107 cm³/mol. The van der Waals surface area contributed by atoms with E-state index in [0.717, 1.165) is 30.2 Å². The molecule has 7 heteroatoms. The topological polar surface area (TPSA) is 53.1 Å². The van der Waals surface area contributed by atoms with Gasteiger partial charge in [-0.05, 0) is 49.7 Å². The molecular weight excluding hydrogens is 349 g/mol. The van der Waals surface area contributed by atoms with Crippen molar-refractivity contribution in [3.63, 3.8) is 0 Å². The number of rotatable bonds is 4. The van der Waals surface area contributed by atoms with Crippen LogP contribution in [-0.2, 0) is 6.54 Å². The van der Waals surface area contributed by atoms with E-state index in [9.17, 15) is 4.39 Å². The van der Waals surface area contributed by atoms with Crippen LogP contribution >= 0.6 is 12.2 Å². The second kappa shape index (κ2) is 8.89. The number of hydrogen-bond donors (Lipinski definition) is 2. The second-order valence-electron chi connectivity index (χ2n) is 6.53. The molecule has 0 bridgehead atoms. The van der Waals surface area contributed by atoms with Gasteiger partial charge < -0.3 is 15.5 Å². The summed E-state index contributed by atoms with van der Waals surface area (Å²) in [7, 11) is 0. The van der Waals surface area contributed by atoms with Crippen molar-refractivity contribution in [2.75, 3.05) is 23.3 Å². The number of nitrogens with one attached hydrogen (secondary N) is 2. The molecule has 1 aromatic carbocycles. The Morgan fingerprint density at radius 3 is 2.50 bits per heavy atom. The Kier molecular flexibility index (Phi) is 6.33. The second-order valence-corrected chi connectivity index (χ2v) is 6.93. The number of aromatic nitrogens is 2. The summed E-state index contributed by atoms with van der Waals surface area (Å²) in [6, 6.07) is 8.35. The number of nitrogens with zero attached hydrogens (tertiary/aromatic N) is 3. The van der Waals surface area contributed by atoms with E-state index in [1.165, 1.54) is 37.8 Å². The van der Waals surface area contributed by atoms with Gasteiger partial charge in [0.25, 0.3) is 0 Å². The molecular formula is C19H24FN5S. The van der Waals surface area contributed by atoms with Gasteiger partial charge in [0.2, 0.25) is 5.95 Å². The molecule has 0 spiro atoms. The fourth-order valence-corrected chi connectivity index (χ4v) is 3.16. The average molecular weight is 374 g/mol. The summed E-state index contributed by atoms with van der Waals surface area (Å²) in [6.45, 7) is 4.53. The van der Waals surface area contributed by atoms with E-state index in [1.807, 2.05) is 13.0 Å². The zero-order valence-corrected chi connectivity index (χ0v) is 15.8. The third-order valence-electron chi connectivity index (χ3n) is 4.36. The first kappa shape index (κ1) is 18.5. The molecule has 1 fully saturated rings. The number of thiocarbonyl (C=S) groups is 1. The molecule has 0 atom stereocenters. The molecule has 2 aromatic rings. The molecule has 0 aliphatic carbocycles. The number of hydrogen-bond acceptors (Lipinski definition) is 4. The molecule has 0 radical (unpaired) electrons. The number of halogens is 1. The summed E-state index contributed by atoms with van der Waals surface area (Å²) in [5, 5.41) is 6.60. The lowest BCUT2D eigenvalue weighted by atomic mass is 10.2. The molecule has 0 unspecified atom stereocenters. The summed E-state index contributed by atoms with van der Waals surface area (Å²) in [5.41, 5.74) is 1.86. The molecule has 0 saturated carbocycles. The van der Waals surface area contributed by atoms with Crippen LogP contribution in [0.4, 0.5) is 16.2 Å². The fourth-order valence-electron chi connectivity index (χ4n) is 3.00. The quantitative estimate of drug-likeness (QED) is 0.796. The zero-order chi connectivity index (χ0) is 18.4. The highest BCUT2D eigenvalue weighted by atomic mass is 32.1. The van der Waals surface area contributed by atoms with Crippen molar-refractivity contribution in [2.45, 2.75) is 39.2 Å². The molecule has 138 valence electrons. The van der Waals surface area contributed by atoms with Crippen molar-refractivity contribution in [2.24, 2.45) is 0 Å². The fraction of sp³-hybridized carbons (Fsp3) is 0.421. The molecule has 5 nitrogen and oxygen atoms in total. The molecule has 0 amide bonds. The van der Waals surface area contributed by atoms with Crippen molar-refractivity contribution in [3.8, 4) is 0 Å². The number of aryl methyl sites for hydroxylation is 1. The molecule has 3 rings (SSSR count). The molecule has 1 aliphatic heterocycles. The molecule has 2 heterocycles. The predicted octanol–water partition coefficient (Wildman–Crippen LogP) is 3.79. The first-order valence-electron chi connectivity index (χ1n) is 9.00. The maximum absolute atomic E-state index is 12.9. The lowest BCUT2D eigenvalue weighted by Crippen LogP contribution is -2.30. The molecule has 1 saturated heterocycles. The Bertz CT molecular complexity index is 742. The molecule has 26 heavy (non-hydrogen) atoms. The first-order valence-corrected chi connectivity index (χ1v) is 9.41. The SMILES string of the molecule is Cc1cc(N2CCCCCC2)nc(NC(=S)NCc2ccc(F)cc2)n1. The van der Waals surface area contributed by atoms with Crippen LogP contribution in [0.3, 0.4) is 0 Å². The first-order chi connectivity index (χ1) is 12.6. The Balaban J connectivity index is 1.61. The minimum Gasteiger partial charge on any atom is -0.358 e. The lowest BCUT2D eigenvalue weighted by Gasteiger charge is -2.22. The van der Waals surface area contributed by atoms with Gasteiger partial charge in [-0.15, -0.1) is 0 Å². The van der Waals surface area contributed by atoms with Crippen molar-refractivity contribution in [1.82, 2.24) is 15.3 Å². The number of benzene rings is 1. The summed E-state index contributed by atoms with van der Waals surface area (Å²) < 4.78 is 12.9. The van der Waals surface area contributed by atoms with E-state index in [4.69, 9.17) is 12.2 Å². The van der Waals surface area contributed by atoms with Gasteiger partial charge in [-0.1, -0.05) is 25.0 Å². The van der Waals surface area contributed by atoms with Crippen LogP contribution in [0.2, 0.25) is 0 Å². The van der Waals surface area contributed by atoms with Gasteiger partial charge in [0.05, 0.1) is 0 Å². The maximum Gasteiger partial charge on any atom is 0.231 e. The lowest BCUT2D eigenvalue weighted by molar-refractivity contribution is 0.627. The summed E-state index contributed by atoms with van der Waals surface area (Å²) in [5.74, 6) is 1.20. The Hall–Kier alpha value is -2.28. The Labute approximate surface area is 159 Å². The van der Waals surface area contributed by atoms with Gasteiger partial charge in [-0.25, -0.2) is 9.37 Å². The standard InChI is InChI=1S/C19H24FN5S/c1-14-12-17(25-10-4-2-3-5-11-25)23-18(22-14)24-19(26)21-13-15-6-8-16(20)9-7-15/h6-9,12H,2-5,10-11,13H2,1H3,(H2,21,22,23,24,26). The third kappa shape index (κ3) is 5.36. The van der Waals surface area contributed by atoms with Crippen LogP contribution in [0.1, 0.15) is 36.9 Å². The highest BCUT2D eigenvalue weighted by Crippen LogP contribution is 2.19.